The summed E-state index contributed by atoms with van der Waals surface area (Å²) in [6.45, 7) is 2.97. The van der Waals surface area contributed by atoms with Crippen LogP contribution in [0.15, 0.2) is 53.5 Å². The van der Waals surface area contributed by atoms with E-state index >= 15 is 0 Å². The van der Waals surface area contributed by atoms with Gasteiger partial charge >= 0.3 is 0 Å². The summed E-state index contributed by atoms with van der Waals surface area (Å²) in [4.78, 5) is 16.9. The van der Waals surface area contributed by atoms with E-state index in [1.54, 1.807) is 11.3 Å². The number of hydrogen-bond acceptors (Lipinski definition) is 4. The number of fused-ring (bicyclic) bond motifs is 1. The Morgan fingerprint density at radius 1 is 1.24 bits per heavy atom. The SMILES string of the molecule is Cc1nc2ccccn2c1C(=O)NCCn1ccc(-c2ccsc2)n1. The van der Waals surface area contributed by atoms with Crippen molar-refractivity contribution >= 4 is 22.9 Å². The van der Waals surface area contributed by atoms with Crippen LogP contribution >= 0.6 is 11.3 Å². The largest absolute Gasteiger partial charge is 0.349 e. The molecule has 1 N–H and O–H groups in total. The number of thiophene rings is 1. The highest BCUT2D eigenvalue weighted by atomic mass is 32.1. The van der Waals surface area contributed by atoms with E-state index in [0.29, 0.717) is 18.8 Å². The molecule has 4 heterocycles. The maximum Gasteiger partial charge on any atom is 0.270 e. The van der Waals surface area contributed by atoms with Crippen molar-refractivity contribution in [1.29, 1.82) is 0 Å². The molecule has 0 aliphatic heterocycles. The number of hydrogen-bond donors (Lipinski definition) is 1. The number of aromatic nitrogens is 4. The highest BCUT2D eigenvalue weighted by Gasteiger charge is 2.15. The van der Waals surface area contributed by atoms with Gasteiger partial charge in [-0.2, -0.15) is 16.4 Å². The zero-order valence-electron chi connectivity index (χ0n) is 13.7. The molecule has 6 nitrogen and oxygen atoms in total. The first-order chi connectivity index (χ1) is 12.2. The number of rotatable bonds is 5. The van der Waals surface area contributed by atoms with Crippen LogP contribution in [0.4, 0.5) is 0 Å². The summed E-state index contributed by atoms with van der Waals surface area (Å²) in [6, 6.07) is 9.72. The first-order valence-corrected chi connectivity index (χ1v) is 8.94. The van der Waals surface area contributed by atoms with E-state index in [2.05, 4.69) is 20.8 Å². The summed E-state index contributed by atoms with van der Waals surface area (Å²) in [5.74, 6) is -0.124. The highest BCUT2D eigenvalue weighted by molar-refractivity contribution is 7.08. The third-order valence-corrected chi connectivity index (χ3v) is 4.69. The van der Waals surface area contributed by atoms with Crippen LogP contribution in [0.25, 0.3) is 16.9 Å². The van der Waals surface area contributed by atoms with E-state index in [1.165, 1.54) is 0 Å². The number of imidazole rings is 1. The first kappa shape index (κ1) is 15.6. The number of amides is 1. The molecule has 4 aromatic heterocycles. The molecule has 0 atom stereocenters. The molecule has 0 bridgehead atoms. The quantitative estimate of drug-likeness (QED) is 0.601. The molecule has 0 spiro atoms. The maximum atomic E-state index is 12.5. The van der Waals surface area contributed by atoms with Crippen molar-refractivity contribution in [2.24, 2.45) is 0 Å². The molecule has 0 unspecified atom stereocenters. The van der Waals surface area contributed by atoms with Gasteiger partial charge in [-0.15, -0.1) is 0 Å². The summed E-state index contributed by atoms with van der Waals surface area (Å²) < 4.78 is 3.65. The first-order valence-electron chi connectivity index (χ1n) is 8.00. The average molecular weight is 351 g/mol. The Kier molecular flexibility index (Phi) is 4.07. The van der Waals surface area contributed by atoms with Gasteiger partial charge in [0.05, 0.1) is 17.9 Å². The summed E-state index contributed by atoms with van der Waals surface area (Å²) in [5, 5.41) is 11.6. The number of carbonyl (C=O) groups excluding carboxylic acids is 1. The van der Waals surface area contributed by atoms with Crippen LogP contribution in [-0.2, 0) is 6.54 Å². The van der Waals surface area contributed by atoms with E-state index < -0.39 is 0 Å². The Labute approximate surface area is 148 Å². The minimum Gasteiger partial charge on any atom is -0.349 e. The van der Waals surface area contributed by atoms with Gasteiger partial charge in [-0.3, -0.25) is 13.9 Å². The Morgan fingerprint density at radius 2 is 2.16 bits per heavy atom. The second-order valence-corrected chi connectivity index (χ2v) is 6.49. The summed E-state index contributed by atoms with van der Waals surface area (Å²) >= 11 is 1.65. The Hall–Kier alpha value is -2.93. The Bertz CT molecular complexity index is 1020. The minimum atomic E-state index is -0.124. The number of carbonyl (C=O) groups is 1. The Morgan fingerprint density at radius 3 is 3.00 bits per heavy atom. The van der Waals surface area contributed by atoms with Gasteiger partial charge in [-0.1, -0.05) is 6.07 Å². The molecule has 0 saturated carbocycles. The van der Waals surface area contributed by atoms with Crippen molar-refractivity contribution in [2.45, 2.75) is 13.5 Å². The number of nitrogens with zero attached hydrogens (tertiary/aromatic N) is 4. The third-order valence-electron chi connectivity index (χ3n) is 4.00. The molecule has 25 heavy (non-hydrogen) atoms. The van der Waals surface area contributed by atoms with E-state index in [0.717, 1.165) is 22.6 Å². The van der Waals surface area contributed by atoms with E-state index in [9.17, 15) is 4.79 Å². The summed E-state index contributed by atoms with van der Waals surface area (Å²) in [6.07, 6.45) is 3.78. The van der Waals surface area contributed by atoms with Crippen molar-refractivity contribution in [3.05, 3.63) is 64.9 Å². The molecule has 126 valence electrons. The van der Waals surface area contributed by atoms with Gasteiger partial charge in [0.15, 0.2) is 0 Å². The lowest BCUT2D eigenvalue weighted by Gasteiger charge is -2.06. The van der Waals surface area contributed by atoms with E-state index in [4.69, 9.17) is 0 Å². The monoisotopic (exact) mass is 351 g/mol. The van der Waals surface area contributed by atoms with Crippen LogP contribution in [0.2, 0.25) is 0 Å². The van der Waals surface area contributed by atoms with E-state index in [1.807, 2.05) is 64.1 Å². The van der Waals surface area contributed by atoms with Gasteiger partial charge < -0.3 is 5.32 Å². The lowest BCUT2D eigenvalue weighted by molar-refractivity contribution is 0.0945. The second-order valence-electron chi connectivity index (χ2n) is 5.71. The standard InChI is InChI=1S/C18H17N5OS/c1-13-17(23-8-3-2-4-16(23)20-13)18(24)19-7-10-22-9-5-15(21-22)14-6-11-25-12-14/h2-6,8-9,11-12H,7,10H2,1H3,(H,19,24). The predicted octanol–water partition coefficient (Wildman–Crippen LogP) is 3.00. The molecule has 0 aliphatic rings. The molecular formula is C18H17N5OS. The summed E-state index contributed by atoms with van der Waals surface area (Å²) in [5.41, 5.74) is 4.15. The fraction of sp³-hybridized carbons (Fsp3) is 0.167. The smallest absolute Gasteiger partial charge is 0.270 e. The lowest BCUT2D eigenvalue weighted by Crippen LogP contribution is -2.29. The fourth-order valence-corrected chi connectivity index (χ4v) is 3.45. The number of nitrogens with one attached hydrogen (secondary N) is 1. The van der Waals surface area contributed by atoms with Gasteiger partial charge in [0.1, 0.15) is 11.3 Å². The highest BCUT2D eigenvalue weighted by Crippen LogP contribution is 2.19. The lowest BCUT2D eigenvalue weighted by atomic mass is 10.2. The number of aryl methyl sites for hydroxylation is 1. The molecule has 0 aliphatic carbocycles. The third kappa shape index (κ3) is 3.06. The van der Waals surface area contributed by atoms with Crippen LogP contribution in [0.1, 0.15) is 16.2 Å². The van der Waals surface area contributed by atoms with Crippen LogP contribution in [0.3, 0.4) is 0 Å². The normalized spacial score (nSPS) is 11.1. The molecule has 7 heteroatoms. The zero-order valence-corrected chi connectivity index (χ0v) is 14.5. The molecule has 0 aromatic carbocycles. The summed E-state index contributed by atoms with van der Waals surface area (Å²) in [7, 11) is 0. The average Bonchev–Trinajstić information content (AvgIpc) is 3.33. The van der Waals surface area contributed by atoms with E-state index in [-0.39, 0.29) is 5.91 Å². The van der Waals surface area contributed by atoms with Crippen LogP contribution < -0.4 is 5.32 Å². The van der Waals surface area contributed by atoms with Gasteiger partial charge in [-0.05, 0) is 36.6 Å². The second kappa shape index (κ2) is 6.52. The molecule has 4 rings (SSSR count). The number of pyridine rings is 1. The predicted molar refractivity (Wildman–Crippen MR) is 97.8 cm³/mol. The van der Waals surface area contributed by atoms with Crippen molar-refractivity contribution < 1.29 is 4.79 Å². The molecule has 0 saturated heterocycles. The van der Waals surface area contributed by atoms with Gasteiger partial charge in [-0.25, -0.2) is 4.98 Å². The van der Waals surface area contributed by atoms with Crippen molar-refractivity contribution in [3.8, 4) is 11.3 Å². The fourth-order valence-electron chi connectivity index (χ4n) is 2.81. The van der Waals surface area contributed by atoms with Crippen molar-refractivity contribution in [3.63, 3.8) is 0 Å². The van der Waals surface area contributed by atoms with Crippen LogP contribution in [0, 0.1) is 6.92 Å². The van der Waals surface area contributed by atoms with Gasteiger partial charge in [0.25, 0.3) is 5.91 Å². The minimum absolute atomic E-state index is 0.124. The molecule has 0 radical (unpaired) electrons. The Balaban J connectivity index is 1.41. The maximum absolute atomic E-state index is 12.5. The van der Waals surface area contributed by atoms with Gasteiger partial charge in [0, 0.05) is 29.9 Å². The van der Waals surface area contributed by atoms with Crippen molar-refractivity contribution in [2.75, 3.05) is 6.54 Å². The molecule has 1 amide bonds. The van der Waals surface area contributed by atoms with Crippen molar-refractivity contribution in [1.82, 2.24) is 24.5 Å². The molecule has 0 fully saturated rings. The van der Waals surface area contributed by atoms with Gasteiger partial charge in [0.2, 0.25) is 0 Å². The van der Waals surface area contributed by atoms with Crippen LogP contribution in [0.5, 0.6) is 0 Å². The zero-order chi connectivity index (χ0) is 17.2. The van der Waals surface area contributed by atoms with Crippen LogP contribution in [-0.4, -0.2) is 31.6 Å². The topological polar surface area (TPSA) is 64.2 Å². The molecular weight excluding hydrogens is 334 g/mol. The molecule has 4 aromatic rings.